The number of rotatable bonds is 6. The van der Waals surface area contributed by atoms with Gasteiger partial charge in [-0.05, 0) is 49.9 Å². The van der Waals surface area contributed by atoms with Gasteiger partial charge in [0.1, 0.15) is 5.75 Å². The van der Waals surface area contributed by atoms with Crippen LogP contribution in [0, 0.1) is 12.8 Å². The Hall–Kier alpha value is -2.98. The van der Waals surface area contributed by atoms with Crippen LogP contribution in [0.1, 0.15) is 37.4 Å². The van der Waals surface area contributed by atoms with E-state index < -0.39 is 22.0 Å². The molecule has 9 nitrogen and oxygen atoms in total. The largest absolute Gasteiger partial charge is 0.478 e. The minimum absolute atomic E-state index is 0.113. The first-order valence-electron chi connectivity index (χ1n) is 11.1. The zero-order valence-corrected chi connectivity index (χ0v) is 19.5. The minimum atomic E-state index is -3.85. The van der Waals surface area contributed by atoms with Crippen LogP contribution in [0.3, 0.4) is 0 Å². The Bertz CT molecular complexity index is 1150. The summed E-state index contributed by atoms with van der Waals surface area (Å²) in [7, 11) is -3.85. The number of amides is 2. The van der Waals surface area contributed by atoms with Crippen molar-refractivity contribution in [1.29, 1.82) is 0 Å². The fourth-order valence-electron chi connectivity index (χ4n) is 4.17. The first-order chi connectivity index (χ1) is 15.8. The van der Waals surface area contributed by atoms with Crippen LogP contribution in [-0.4, -0.2) is 48.7 Å². The Morgan fingerprint density at radius 2 is 2.15 bits per heavy atom. The van der Waals surface area contributed by atoms with E-state index in [0.717, 1.165) is 5.69 Å². The van der Waals surface area contributed by atoms with Crippen molar-refractivity contribution in [2.45, 2.75) is 50.7 Å². The van der Waals surface area contributed by atoms with Crippen LogP contribution in [0.15, 0.2) is 41.4 Å². The molecule has 10 heteroatoms. The predicted molar refractivity (Wildman–Crippen MR) is 122 cm³/mol. The summed E-state index contributed by atoms with van der Waals surface area (Å²) in [6, 6.07) is 8.58. The van der Waals surface area contributed by atoms with E-state index in [1.807, 2.05) is 19.1 Å². The number of aromatic nitrogens is 1. The molecule has 4 rings (SSSR count). The monoisotopic (exact) mass is 472 g/mol. The van der Waals surface area contributed by atoms with Crippen LogP contribution in [0.5, 0.6) is 5.75 Å². The summed E-state index contributed by atoms with van der Waals surface area (Å²) in [4.78, 5) is 29.1. The predicted octanol–water partition coefficient (Wildman–Crippen LogP) is 2.22. The molecule has 3 heterocycles. The van der Waals surface area contributed by atoms with Gasteiger partial charge in [0.25, 0.3) is 5.91 Å². The smallest absolute Gasteiger partial charge is 0.265 e. The molecule has 2 unspecified atom stereocenters. The number of pyridine rings is 1. The summed E-state index contributed by atoms with van der Waals surface area (Å²) in [6.07, 6.45) is 2.70. The van der Waals surface area contributed by atoms with Crippen molar-refractivity contribution in [3.63, 3.8) is 0 Å². The number of piperidine rings is 1. The molecule has 1 aromatic carbocycles. The number of hydrogen-bond acceptors (Lipinski definition) is 6. The zero-order chi connectivity index (χ0) is 23.6. The van der Waals surface area contributed by atoms with E-state index in [-0.39, 0.29) is 23.3 Å². The molecule has 2 aliphatic heterocycles. The normalized spacial score (nSPS) is 21.0. The lowest BCUT2D eigenvalue weighted by Gasteiger charge is -2.32. The lowest BCUT2D eigenvalue weighted by Crippen LogP contribution is -2.45. The third-order valence-corrected chi connectivity index (χ3v) is 8.02. The number of aryl methyl sites for hydroxylation is 1. The zero-order valence-electron chi connectivity index (χ0n) is 18.7. The van der Waals surface area contributed by atoms with Crippen LogP contribution < -0.4 is 15.4 Å². The Morgan fingerprint density at radius 3 is 2.88 bits per heavy atom. The van der Waals surface area contributed by atoms with Crippen molar-refractivity contribution in [2.75, 3.05) is 18.4 Å². The molecular formula is C23H28N4O5S. The van der Waals surface area contributed by atoms with Gasteiger partial charge in [-0.25, -0.2) is 8.42 Å². The highest BCUT2D eigenvalue weighted by atomic mass is 32.2. The molecule has 176 valence electrons. The number of nitrogens with zero attached hydrogens (tertiary/aromatic N) is 2. The number of sulfonamides is 1. The van der Waals surface area contributed by atoms with E-state index in [9.17, 15) is 18.0 Å². The minimum Gasteiger partial charge on any atom is -0.478 e. The summed E-state index contributed by atoms with van der Waals surface area (Å²) < 4.78 is 34.1. The molecule has 0 aliphatic carbocycles. The fourth-order valence-corrected chi connectivity index (χ4v) is 5.92. The van der Waals surface area contributed by atoms with Crippen molar-refractivity contribution in [3.8, 4) is 5.75 Å². The number of benzene rings is 1. The number of hydrogen-bond donors (Lipinski definition) is 2. The lowest BCUT2D eigenvalue weighted by atomic mass is 9.99. The number of nitrogens with one attached hydrogen (secondary N) is 2. The third-order valence-electron chi connectivity index (χ3n) is 6.01. The summed E-state index contributed by atoms with van der Waals surface area (Å²) in [5.74, 6) is -0.516. The summed E-state index contributed by atoms with van der Waals surface area (Å²) in [6.45, 7) is 4.27. The van der Waals surface area contributed by atoms with Gasteiger partial charge in [-0.15, -0.1) is 0 Å². The maximum Gasteiger partial charge on any atom is 0.265 e. The Balaban J connectivity index is 1.50. The summed E-state index contributed by atoms with van der Waals surface area (Å²) in [5.41, 5.74) is 1.72. The first-order valence-corrected chi connectivity index (χ1v) is 12.5. The maximum absolute atomic E-state index is 13.5. The van der Waals surface area contributed by atoms with Crippen molar-refractivity contribution >= 4 is 27.5 Å². The van der Waals surface area contributed by atoms with E-state index >= 15 is 0 Å². The molecule has 1 saturated heterocycles. The van der Waals surface area contributed by atoms with Crippen molar-refractivity contribution in [2.24, 2.45) is 5.92 Å². The summed E-state index contributed by atoms with van der Waals surface area (Å²) >= 11 is 0. The third kappa shape index (κ3) is 4.86. The Kier molecular flexibility index (Phi) is 6.66. The Morgan fingerprint density at radius 1 is 1.33 bits per heavy atom. The molecule has 0 radical (unpaired) electrons. The van der Waals surface area contributed by atoms with Crippen molar-refractivity contribution in [1.82, 2.24) is 14.6 Å². The number of fused-ring (bicyclic) bond motifs is 1. The summed E-state index contributed by atoms with van der Waals surface area (Å²) in [5, 5.41) is 5.64. The highest BCUT2D eigenvalue weighted by molar-refractivity contribution is 7.89. The molecule has 2 N–H and O–H groups in total. The van der Waals surface area contributed by atoms with Gasteiger partial charge >= 0.3 is 0 Å². The number of carbonyl (C=O) groups is 2. The first kappa shape index (κ1) is 23.2. The molecule has 0 saturated carbocycles. The fraction of sp³-hybridized carbons (Fsp3) is 0.435. The molecule has 2 atom stereocenters. The van der Waals surface area contributed by atoms with Gasteiger partial charge < -0.3 is 15.4 Å². The van der Waals surface area contributed by atoms with E-state index in [1.165, 1.54) is 10.4 Å². The molecule has 0 bridgehead atoms. The average molecular weight is 473 g/mol. The van der Waals surface area contributed by atoms with Crippen LogP contribution in [0.25, 0.3) is 0 Å². The van der Waals surface area contributed by atoms with Crippen LogP contribution in [0.2, 0.25) is 0 Å². The highest BCUT2D eigenvalue weighted by Crippen LogP contribution is 2.36. The van der Waals surface area contributed by atoms with Crippen LogP contribution in [-0.2, 0) is 26.2 Å². The SMILES string of the molecule is CCC1Oc2cc(S(=O)(=O)N3CCCC(C(=O)NCc4ccccn4)C3)c(C)cc2NC1=O. The quantitative estimate of drug-likeness (QED) is 0.666. The number of carbonyl (C=O) groups excluding carboxylic acids is 2. The molecule has 2 aliphatic rings. The second kappa shape index (κ2) is 9.48. The van der Waals surface area contributed by atoms with Crippen LogP contribution in [0.4, 0.5) is 5.69 Å². The number of ether oxygens (including phenoxy) is 1. The second-order valence-electron chi connectivity index (χ2n) is 8.36. The van der Waals surface area contributed by atoms with E-state index in [4.69, 9.17) is 4.74 Å². The molecular weight excluding hydrogens is 444 g/mol. The van der Waals surface area contributed by atoms with Gasteiger partial charge in [0.2, 0.25) is 15.9 Å². The van der Waals surface area contributed by atoms with Gasteiger partial charge in [-0.2, -0.15) is 4.31 Å². The van der Waals surface area contributed by atoms with Gasteiger partial charge in [-0.3, -0.25) is 14.6 Å². The maximum atomic E-state index is 13.5. The van der Waals surface area contributed by atoms with Gasteiger partial charge in [0.05, 0.1) is 28.7 Å². The molecule has 1 fully saturated rings. The lowest BCUT2D eigenvalue weighted by molar-refractivity contribution is -0.126. The van der Waals surface area contributed by atoms with Gasteiger partial charge in [0, 0.05) is 25.4 Å². The average Bonchev–Trinajstić information content (AvgIpc) is 2.82. The Labute approximate surface area is 193 Å². The van der Waals surface area contributed by atoms with Gasteiger partial charge in [0.15, 0.2) is 6.10 Å². The van der Waals surface area contributed by atoms with E-state index in [1.54, 1.807) is 25.3 Å². The molecule has 2 aromatic rings. The molecule has 0 spiro atoms. The molecule has 1 aromatic heterocycles. The van der Waals surface area contributed by atoms with Crippen molar-refractivity contribution in [3.05, 3.63) is 47.8 Å². The molecule has 2 amide bonds. The van der Waals surface area contributed by atoms with Crippen LogP contribution >= 0.6 is 0 Å². The van der Waals surface area contributed by atoms with Crippen molar-refractivity contribution < 1.29 is 22.7 Å². The molecule has 33 heavy (non-hydrogen) atoms. The topological polar surface area (TPSA) is 118 Å². The highest BCUT2D eigenvalue weighted by Gasteiger charge is 2.35. The number of anilines is 1. The van der Waals surface area contributed by atoms with E-state index in [2.05, 4.69) is 15.6 Å². The van der Waals surface area contributed by atoms with E-state index in [0.29, 0.717) is 49.4 Å². The standard InChI is InChI=1S/C23H28N4O5S/c1-3-19-23(29)26-18-11-15(2)21(12-20(18)32-19)33(30,31)27-10-6-7-16(14-27)22(28)25-13-17-8-4-5-9-24-17/h4-5,8-9,11-12,16,19H,3,6-7,10,13-14H2,1-2H3,(H,25,28)(H,26,29). The van der Waals surface area contributed by atoms with Gasteiger partial charge in [-0.1, -0.05) is 13.0 Å². The second-order valence-corrected chi connectivity index (χ2v) is 10.3.